The van der Waals surface area contributed by atoms with Crippen molar-refractivity contribution in [2.75, 3.05) is 31.4 Å². The van der Waals surface area contributed by atoms with Crippen LogP contribution in [0, 0.1) is 5.92 Å². The molecule has 27 heavy (non-hydrogen) atoms. The highest BCUT2D eigenvalue weighted by molar-refractivity contribution is 7.91. The van der Waals surface area contributed by atoms with Crippen LogP contribution in [0.25, 0.3) is 0 Å². The van der Waals surface area contributed by atoms with E-state index in [1.807, 2.05) is 18.2 Å². The van der Waals surface area contributed by atoms with Crippen LogP contribution in [0.5, 0.6) is 11.5 Å². The number of amides is 2. The average Bonchev–Trinajstić information content (AvgIpc) is 3.32. The molecule has 4 rings (SSSR count). The first-order valence-electron chi connectivity index (χ1n) is 9.07. The van der Waals surface area contributed by atoms with Gasteiger partial charge in [0.05, 0.1) is 17.4 Å². The maximum absolute atomic E-state index is 12.4. The van der Waals surface area contributed by atoms with Crippen molar-refractivity contribution < 1.29 is 27.5 Å². The van der Waals surface area contributed by atoms with E-state index in [4.69, 9.17) is 9.47 Å². The number of carbonyl (C=O) groups is 2. The largest absolute Gasteiger partial charge is 0.454 e. The van der Waals surface area contributed by atoms with Crippen LogP contribution in [0.15, 0.2) is 18.2 Å². The number of ether oxygens (including phenoxy) is 2. The highest BCUT2D eigenvalue weighted by atomic mass is 32.2. The van der Waals surface area contributed by atoms with Gasteiger partial charge < -0.3 is 19.7 Å². The smallest absolute Gasteiger partial charge is 0.231 e. The molecule has 1 aromatic carbocycles. The summed E-state index contributed by atoms with van der Waals surface area (Å²) >= 11 is 0. The second-order valence-corrected chi connectivity index (χ2v) is 9.46. The topological polar surface area (TPSA) is 102 Å². The predicted octanol–water partition coefficient (Wildman–Crippen LogP) is 0.110. The Hall–Kier alpha value is -2.29. The van der Waals surface area contributed by atoms with E-state index >= 15 is 0 Å². The highest BCUT2D eigenvalue weighted by Gasteiger charge is 2.41. The summed E-state index contributed by atoms with van der Waals surface area (Å²) in [6.45, 7) is 0.986. The molecule has 3 aliphatic heterocycles. The van der Waals surface area contributed by atoms with Crippen LogP contribution in [0.3, 0.4) is 0 Å². The quantitative estimate of drug-likeness (QED) is 0.761. The number of hydrogen-bond donors (Lipinski definition) is 1. The molecule has 3 aliphatic rings. The molecule has 1 N–H and O–H groups in total. The number of rotatable bonds is 5. The Morgan fingerprint density at radius 2 is 2.07 bits per heavy atom. The Labute approximate surface area is 157 Å². The van der Waals surface area contributed by atoms with Crippen molar-refractivity contribution in [2.45, 2.75) is 25.3 Å². The summed E-state index contributed by atoms with van der Waals surface area (Å²) < 4.78 is 33.9. The molecule has 0 aliphatic carbocycles. The van der Waals surface area contributed by atoms with Crippen molar-refractivity contribution in [3.8, 4) is 11.5 Å². The van der Waals surface area contributed by atoms with Crippen LogP contribution in [-0.2, 0) is 25.8 Å². The lowest BCUT2D eigenvalue weighted by molar-refractivity contribution is -0.130. The molecule has 0 saturated carbocycles. The van der Waals surface area contributed by atoms with Gasteiger partial charge >= 0.3 is 0 Å². The van der Waals surface area contributed by atoms with Crippen LogP contribution in [0.2, 0.25) is 0 Å². The molecule has 1 aromatic rings. The van der Waals surface area contributed by atoms with E-state index in [1.54, 1.807) is 4.90 Å². The Morgan fingerprint density at radius 1 is 1.26 bits per heavy atom. The van der Waals surface area contributed by atoms with Gasteiger partial charge in [0.1, 0.15) is 0 Å². The minimum absolute atomic E-state index is 0.0111. The van der Waals surface area contributed by atoms with Gasteiger partial charge in [0.25, 0.3) is 0 Å². The molecule has 0 spiro atoms. The first kappa shape index (κ1) is 18.1. The number of benzene rings is 1. The zero-order chi connectivity index (χ0) is 19.0. The molecule has 2 fully saturated rings. The van der Waals surface area contributed by atoms with E-state index in [2.05, 4.69) is 5.32 Å². The van der Waals surface area contributed by atoms with Crippen molar-refractivity contribution in [3.63, 3.8) is 0 Å². The lowest BCUT2D eigenvalue weighted by Gasteiger charge is -2.22. The highest BCUT2D eigenvalue weighted by Crippen LogP contribution is 2.32. The number of carbonyl (C=O) groups excluding carboxylic acids is 2. The van der Waals surface area contributed by atoms with Gasteiger partial charge in [-0.3, -0.25) is 9.59 Å². The average molecular weight is 394 g/mol. The fourth-order valence-electron chi connectivity index (χ4n) is 3.85. The minimum atomic E-state index is -3.06. The SMILES string of the molecule is O=C(NCCc1ccc2c(c1)OCO2)[C@H]1CC(=O)N([C@@H]2CCS(=O)(=O)C2)C1. The van der Waals surface area contributed by atoms with E-state index in [9.17, 15) is 18.0 Å². The van der Waals surface area contributed by atoms with Gasteiger partial charge in [-0.15, -0.1) is 0 Å². The zero-order valence-corrected chi connectivity index (χ0v) is 15.7. The fraction of sp³-hybridized carbons (Fsp3) is 0.556. The third-order valence-corrected chi connectivity index (χ3v) is 7.08. The van der Waals surface area contributed by atoms with E-state index in [0.29, 0.717) is 31.7 Å². The summed E-state index contributed by atoms with van der Waals surface area (Å²) in [5.74, 6) is 0.854. The monoisotopic (exact) mass is 394 g/mol. The van der Waals surface area contributed by atoms with Gasteiger partial charge in [-0.05, 0) is 30.5 Å². The zero-order valence-electron chi connectivity index (χ0n) is 14.8. The number of nitrogens with one attached hydrogen (secondary N) is 1. The van der Waals surface area contributed by atoms with Crippen LogP contribution in [0.1, 0.15) is 18.4 Å². The summed E-state index contributed by atoms with van der Waals surface area (Å²) in [5, 5.41) is 2.88. The Bertz CT molecular complexity index is 869. The van der Waals surface area contributed by atoms with Gasteiger partial charge in [0.2, 0.25) is 18.6 Å². The van der Waals surface area contributed by atoms with Gasteiger partial charge in [-0.1, -0.05) is 6.07 Å². The van der Waals surface area contributed by atoms with Crippen LogP contribution in [-0.4, -0.2) is 62.6 Å². The van der Waals surface area contributed by atoms with Crippen molar-refractivity contribution in [3.05, 3.63) is 23.8 Å². The Balaban J connectivity index is 1.27. The maximum Gasteiger partial charge on any atom is 0.231 e. The molecule has 0 aromatic heterocycles. The molecule has 3 heterocycles. The third-order valence-electron chi connectivity index (χ3n) is 5.33. The van der Waals surface area contributed by atoms with Crippen molar-refractivity contribution in [1.82, 2.24) is 10.2 Å². The van der Waals surface area contributed by atoms with Gasteiger partial charge in [0.15, 0.2) is 21.3 Å². The standard InChI is InChI=1S/C18H22N2O6S/c21-17-8-13(9-20(17)14-4-6-27(23,24)10-14)18(22)19-5-3-12-1-2-15-16(7-12)26-11-25-15/h1-2,7,13-14H,3-6,8-11H2,(H,19,22)/t13-,14+/m0/s1. The summed E-state index contributed by atoms with van der Waals surface area (Å²) in [6, 6.07) is 5.40. The molecule has 0 radical (unpaired) electrons. The van der Waals surface area contributed by atoms with E-state index in [0.717, 1.165) is 11.3 Å². The first-order chi connectivity index (χ1) is 12.9. The Kier molecular flexibility index (Phi) is 4.71. The molecule has 8 nitrogen and oxygen atoms in total. The summed E-state index contributed by atoms with van der Waals surface area (Å²) in [4.78, 5) is 26.2. The predicted molar refractivity (Wildman–Crippen MR) is 96.2 cm³/mol. The number of fused-ring (bicyclic) bond motifs is 1. The van der Waals surface area contributed by atoms with Crippen molar-refractivity contribution >= 4 is 21.7 Å². The van der Waals surface area contributed by atoms with Crippen LogP contribution >= 0.6 is 0 Å². The maximum atomic E-state index is 12.4. The first-order valence-corrected chi connectivity index (χ1v) is 10.9. The summed E-state index contributed by atoms with van der Waals surface area (Å²) in [5.41, 5.74) is 1.03. The normalized spacial score (nSPS) is 25.8. The summed E-state index contributed by atoms with van der Waals surface area (Å²) in [6.07, 6.45) is 1.26. The number of sulfone groups is 1. The lowest BCUT2D eigenvalue weighted by atomic mass is 10.1. The van der Waals surface area contributed by atoms with Crippen molar-refractivity contribution in [1.29, 1.82) is 0 Å². The molecular formula is C18H22N2O6S. The number of hydrogen-bond acceptors (Lipinski definition) is 6. The molecular weight excluding hydrogens is 372 g/mol. The number of nitrogens with zero attached hydrogens (tertiary/aromatic N) is 1. The molecule has 2 amide bonds. The van der Waals surface area contributed by atoms with E-state index in [-0.39, 0.29) is 42.6 Å². The fourth-order valence-corrected chi connectivity index (χ4v) is 5.58. The third kappa shape index (κ3) is 3.87. The summed E-state index contributed by atoms with van der Waals surface area (Å²) in [7, 11) is -3.06. The minimum Gasteiger partial charge on any atom is -0.454 e. The van der Waals surface area contributed by atoms with Crippen LogP contribution < -0.4 is 14.8 Å². The Morgan fingerprint density at radius 3 is 2.85 bits per heavy atom. The molecule has 0 unspecified atom stereocenters. The van der Waals surface area contributed by atoms with E-state index < -0.39 is 15.8 Å². The van der Waals surface area contributed by atoms with Gasteiger partial charge in [0, 0.05) is 25.6 Å². The van der Waals surface area contributed by atoms with Gasteiger partial charge in [-0.2, -0.15) is 0 Å². The second kappa shape index (κ2) is 7.03. The molecule has 9 heteroatoms. The van der Waals surface area contributed by atoms with Crippen LogP contribution in [0.4, 0.5) is 0 Å². The molecule has 2 atom stereocenters. The lowest BCUT2D eigenvalue weighted by Crippen LogP contribution is -2.39. The van der Waals surface area contributed by atoms with Crippen molar-refractivity contribution in [2.24, 2.45) is 5.92 Å². The molecule has 2 saturated heterocycles. The molecule has 0 bridgehead atoms. The van der Waals surface area contributed by atoms with E-state index in [1.165, 1.54) is 0 Å². The molecule has 146 valence electrons. The van der Waals surface area contributed by atoms with Gasteiger partial charge in [-0.25, -0.2) is 8.42 Å². The second-order valence-electron chi connectivity index (χ2n) is 7.23. The number of likely N-dealkylation sites (tertiary alicyclic amines) is 1.